The van der Waals surface area contributed by atoms with Crippen molar-refractivity contribution in [2.75, 3.05) is 11.9 Å². The summed E-state index contributed by atoms with van der Waals surface area (Å²) < 4.78 is 0.765. The topological polar surface area (TPSA) is 58.2 Å². The summed E-state index contributed by atoms with van der Waals surface area (Å²) in [6.45, 7) is 4.63. The minimum atomic E-state index is -0.634. The molecule has 4 nitrogen and oxygen atoms in total. The van der Waals surface area contributed by atoms with Crippen LogP contribution in [0.15, 0.2) is 22.7 Å². The van der Waals surface area contributed by atoms with Crippen LogP contribution in [0.1, 0.15) is 38.2 Å². The Labute approximate surface area is 128 Å². The lowest BCUT2D eigenvalue weighted by molar-refractivity contribution is -0.136. The molecule has 0 atom stereocenters. The van der Waals surface area contributed by atoms with Crippen LogP contribution in [0.2, 0.25) is 0 Å². The molecule has 0 bridgehead atoms. The van der Waals surface area contributed by atoms with Crippen molar-refractivity contribution in [3.63, 3.8) is 0 Å². The summed E-state index contributed by atoms with van der Waals surface area (Å²) in [5.74, 6) is -1.22. The second-order valence-corrected chi connectivity index (χ2v) is 5.61. The Morgan fingerprint density at radius 1 is 1.15 bits per heavy atom. The van der Waals surface area contributed by atoms with Crippen LogP contribution >= 0.6 is 15.9 Å². The van der Waals surface area contributed by atoms with Crippen LogP contribution in [0.5, 0.6) is 0 Å². The van der Waals surface area contributed by atoms with Gasteiger partial charge in [-0.15, -0.1) is 0 Å². The van der Waals surface area contributed by atoms with Gasteiger partial charge in [0.05, 0.1) is 5.69 Å². The Morgan fingerprint density at radius 3 is 2.55 bits per heavy atom. The zero-order valence-electron chi connectivity index (χ0n) is 12.0. The van der Waals surface area contributed by atoms with Gasteiger partial charge in [-0.1, -0.05) is 32.3 Å². The third kappa shape index (κ3) is 5.74. The highest BCUT2D eigenvalue weighted by Gasteiger charge is 2.14. The van der Waals surface area contributed by atoms with Crippen molar-refractivity contribution in [2.24, 2.45) is 0 Å². The summed E-state index contributed by atoms with van der Waals surface area (Å²) in [6, 6.07) is 5.53. The van der Waals surface area contributed by atoms with E-state index in [4.69, 9.17) is 0 Å². The Kier molecular flexibility index (Phi) is 7.30. The third-order valence-electron chi connectivity index (χ3n) is 2.89. The first-order valence-electron chi connectivity index (χ1n) is 6.90. The van der Waals surface area contributed by atoms with Crippen LogP contribution in [-0.4, -0.2) is 18.4 Å². The first kappa shape index (κ1) is 16.7. The lowest BCUT2D eigenvalue weighted by Crippen LogP contribution is -2.35. The summed E-state index contributed by atoms with van der Waals surface area (Å²) in [7, 11) is 0. The van der Waals surface area contributed by atoms with E-state index in [1.807, 2.05) is 19.1 Å². The number of aryl methyl sites for hydroxylation is 1. The van der Waals surface area contributed by atoms with Gasteiger partial charge in [-0.05, 0) is 47.0 Å². The number of anilines is 1. The summed E-state index contributed by atoms with van der Waals surface area (Å²) in [4.78, 5) is 23.3. The van der Waals surface area contributed by atoms with Crippen molar-refractivity contribution in [3.8, 4) is 0 Å². The second-order valence-electron chi connectivity index (χ2n) is 4.75. The number of carbonyl (C=O) groups is 2. The van der Waals surface area contributed by atoms with E-state index in [-0.39, 0.29) is 0 Å². The SMILES string of the molecule is CCCCCCNC(=O)C(=O)Nc1ccc(C)cc1Br. The van der Waals surface area contributed by atoms with Crippen molar-refractivity contribution >= 4 is 33.4 Å². The highest BCUT2D eigenvalue weighted by molar-refractivity contribution is 9.10. The highest BCUT2D eigenvalue weighted by Crippen LogP contribution is 2.23. The van der Waals surface area contributed by atoms with Crippen molar-refractivity contribution in [1.82, 2.24) is 5.32 Å². The number of halogens is 1. The molecule has 0 aliphatic carbocycles. The van der Waals surface area contributed by atoms with Gasteiger partial charge in [0.2, 0.25) is 0 Å². The van der Waals surface area contributed by atoms with Gasteiger partial charge in [0.25, 0.3) is 0 Å². The number of carbonyl (C=O) groups excluding carboxylic acids is 2. The van der Waals surface area contributed by atoms with E-state index >= 15 is 0 Å². The van der Waals surface area contributed by atoms with Crippen LogP contribution in [0, 0.1) is 6.92 Å². The summed E-state index contributed by atoms with van der Waals surface area (Å²) >= 11 is 3.36. The molecule has 5 heteroatoms. The van der Waals surface area contributed by atoms with Crippen molar-refractivity contribution in [2.45, 2.75) is 39.5 Å². The van der Waals surface area contributed by atoms with Gasteiger partial charge in [-0.25, -0.2) is 0 Å². The third-order valence-corrected chi connectivity index (χ3v) is 3.55. The molecule has 20 heavy (non-hydrogen) atoms. The van der Waals surface area contributed by atoms with Crippen LogP contribution in [-0.2, 0) is 9.59 Å². The standard InChI is InChI=1S/C15H21BrN2O2/c1-3-4-5-6-9-17-14(19)15(20)18-13-8-7-11(2)10-12(13)16/h7-8,10H,3-6,9H2,1-2H3,(H,17,19)(H,18,20). The van der Waals surface area contributed by atoms with Gasteiger partial charge >= 0.3 is 11.8 Å². The number of hydrogen-bond acceptors (Lipinski definition) is 2. The molecular formula is C15H21BrN2O2. The fraction of sp³-hybridized carbons (Fsp3) is 0.467. The summed E-state index contributed by atoms with van der Waals surface area (Å²) in [5.41, 5.74) is 1.68. The van der Waals surface area contributed by atoms with E-state index < -0.39 is 11.8 Å². The average molecular weight is 341 g/mol. The molecule has 2 N–H and O–H groups in total. The fourth-order valence-electron chi connectivity index (χ4n) is 1.73. The molecule has 2 amide bonds. The van der Waals surface area contributed by atoms with E-state index in [0.29, 0.717) is 12.2 Å². The van der Waals surface area contributed by atoms with Crippen LogP contribution in [0.3, 0.4) is 0 Å². The Bertz CT molecular complexity index is 475. The lowest BCUT2D eigenvalue weighted by Gasteiger charge is -2.08. The molecule has 0 spiro atoms. The largest absolute Gasteiger partial charge is 0.348 e. The molecule has 1 rings (SSSR count). The van der Waals surface area contributed by atoms with Crippen molar-refractivity contribution in [3.05, 3.63) is 28.2 Å². The van der Waals surface area contributed by atoms with E-state index in [1.165, 1.54) is 0 Å². The number of hydrogen-bond donors (Lipinski definition) is 2. The highest BCUT2D eigenvalue weighted by atomic mass is 79.9. The molecule has 0 heterocycles. The molecule has 0 aliphatic heterocycles. The molecule has 0 radical (unpaired) electrons. The number of unbranched alkanes of at least 4 members (excludes halogenated alkanes) is 3. The predicted molar refractivity (Wildman–Crippen MR) is 84.7 cm³/mol. The van der Waals surface area contributed by atoms with Crippen molar-refractivity contribution < 1.29 is 9.59 Å². The summed E-state index contributed by atoms with van der Waals surface area (Å²) in [5, 5.41) is 5.22. The van der Waals surface area contributed by atoms with Crippen LogP contribution < -0.4 is 10.6 Å². The molecule has 0 saturated heterocycles. The Hall–Kier alpha value is -1.36. The van der Waals surface area contributed by atoms with Crippen LogP contribution in [0.4, 0.5) is 5.69 Å². The second kappa shape index (κ2) is 8.74. The molecule has 0 aromatic heterocycles. The molecule has 0 saturated carbocycles. The zero-order chi connectivity index (χ0) is 15.0. The monoisotopic (exact) mass is 340 g/mol. The van der Waals surface area contributed by atoms with Gasteiger partial charge in [-0.3, -0.25) is 9.59 Å². The number of nitrogens with one attached hydrogen (secondary N) is 2. The Balaban J connectivity index is 2.39. The molecular weight excluding hydrogens is 320 g/mol. The zero-order valence-corrected chi connectivity index (χ0v) is 13.5. The molecule has 0 fully saturated rings. The van der Waals surface area contributed by atoms with Gasteiger partial charge in [0.15, 0.2) is 0 Å². The summed E-state index contributed by atoms with van der Waals surface area (Å²) in [6.07, 6.45) is 4.28. The van der Waals surface area contributed by atoms with Crippen molar-refractivity contribution in [1.29, 1.82) is 0 Å². The lowest BCUT2D eigenvalue weighted by atomic mass is 10.2. The maximum atomic E-state index is 11.7. The van der Waals surface area contributed by atoms with E-state index in [2.05, 4.69) is 33.5 Å². The number of amides is 2. The first-order valence-corrected chi connectivity index (χ1v) is 7.69. The van der Waals surface area contributed by atoms with Gasteiger partial charge in [0.1, 0.15) is 0 Å². The maximum Gasteiger partial charge on any atom is 0.313 e. The van der Waals surface area contributed by atoms with Crippen LogP contribution in [0.25, 0.3) is 0 Å². The first-order chi connectivity index (χ1) is 9.54. The van der Waals surface area contributed by atoms with E-state index in [1.54, 1.807) is 6.07 Å². The minimum Gasteiger partial charge on any atom is -0.348 e. The fourth-order valence-corrected chi connectivity index (χ4v) is 2.33. The van der Waals surface area contributed by atoms with Gasteiger partial charge in [-0.2, -0.15) is 0 Å². The van der Waals surface area contributed by atoms with Gasteiger partial charge < -0.3 is 10.6 Å². The van der Waals surface area contributed by atoms with E-state index in [0.717, 1.165) is 35.7 Å². The predicted octanol–water partition coefficient (Wildman–Crippen LogP) is 3.39. The van der Waals surface area contributed by atoms with E-state index in [9.17, 15) is 9.59 Å². The van der Waals surface area contributed by atoms with Gasteiger partial charge in [0, 0.05) is 11.0 Å². The maximum absolute atomic E-state index is 11.7. The quantitative estimate of drug-likeness (QED) is 0.615. The molecule has 110 valence electrons. The number of rotatable bonds is 6. The molecule has 1 aromatic carbocycles. The Morgan fingerprint density at radius 2 is 1.90 bits per heavy atom. The normalized spacial score (nSPS) is 10.2. The number of benzene rings is 1. The molecule has 0 unspecified atom stereocenters. The molecule has 1 aromatic rings. The average Bonchev–Trinajstić information content (AvgIpc) is 2.41. The molecule has 0 aliphatic rings. The smallest absolute Gasteiger partial charge is 0.313 e. The minimum absolute atomic E-state index is 0.543.